The van der Waals surface area contributed by atoms with Crippen molar-refractivity contribution in [3.8, 4) is 0 Å². The summed E-state index contributed by atoms with van der Waals surface area (Å²) >= 11 is 0. The zero-order chi connectivity index (χ0) is 27.3. The molecule has 2 aliphatic rings. The third kappa shape index (κ3) is 9.11. The summed E-state index contributed by atoms with van der Waals surface area (Å²) in [6.07, 6.45) is 13.3. The topological polar surface area (TPSA) is 73.0 Å². The third-order valence-electron chi connectivity index (χ3n) is 8.36. The molecule has 212 valence electrons. The lowest BCUT2D eigenvalue weighted by Crippen LogP contribution is -2.49. The Morgan fingerprint density at radius 2 is 1.34 bits per heavy atom. The molecule has 38 heavy (non-hydrogen) atoms. The lowest BCUT2D eigenvalue weighted by molar-refractivity contribution is -0.138. The average Bonchev–Trinajstić information content (AvgIpc) is 2.93. The van der Waals surface area contributed by atoms with E-state index in [-0.39, 0.29) is 11.8 Å². The quantitative estimate of drug-likeness (QED) is 0.358. The fourth-order valence-electron chi connectivity index (χ4n) is 6.17. The van der Waals surface area contributed by atoms with Crippen molar-refractivity contribution in [3.63, 3.8) is 0 Å². The monoisotopic (exact) mass is 526 g/mol. The van der Waals surface area contributed by atoms with Gasteiger partial charge in [-0.05, 0) is 69.5 Å². The van der Waals surface area contributed by atoms with E-state index in [0.717, 1.165) is 45.3 Å². The van der Waals surface area contributed by atoms with E-state index in [1.807, 2.05) is 4.90 Å². The number of hydrogen-bond donors (Lipinski definition) is 1. The first-order valence-corrected chi connectivity index (χ1v) is 15.1. The Bertz CT molecular complexity index is 854. The molecule has 0 aliphatic heterocycles. The van der Waals surface area contributed by atoms with Gasteiger partial charge in [-0.2, -0.15) is 0 Å². The predicted octanol–water partition coefficient (Wildman–Crippen LogP) is 5.70. The lowest BCUT2D eigenvalue weighted by atomic mass is 9.88. The molecule has 3 rings (SSSR count). The van der Waals surface area contributed by atoms with Gasteiger partial charge < -0.3 is 20.0 Å². The van der Waals surface area contributed by atoms with Crippen molar-refractivity contribution in [1.29, 1.82) is 0 Å². The summed E-state index contributed by atoms with van der Waals surface area (Å²) in [6, 6.07) is 7.90. The Labute approximate surface area is 230 Å². The van der Waals surface area contributed by atoms with Crippen molar-refractivity contribution in [2.45, 2.75) is 110 Å². The highest BCUT2D eigenvalue weighted by atomic mass is 16.2. The van der Waals surface area contributed by atoms with Crippen LogP contribution in [-0.4, -0.2) is 77.2 Å². The molecule has 0 bridgehead atoms. The van der Waals surface area contributed by atoms with Gasteiger partial charge in [0.05, 0.1) is 0 Å². The van der Waals surface area contributed by atoms with Gasteiger partial charge in [0.15, 0.2) is 0 Å². The maximum atomic E-state index is 13.6. The summed E-state index contributed by atoms with van der Waals surface area (Å²) in [6.45, 7) is 9.66. The summed E-state index contributed by atoms with van der Waals surface area (Å²) in [5, 5.41) is 2.75. The second kappa shape index (κ2) is 15.9. The van der Waals surface area contributed by atoms with Crippen LogP contribution in [0, 0.1) is 0 Å². The van der Waals surface area contributed by atoms with Crippen LogP contribution in [0.5, 0.6) is 0 Å². The van der Waals surface area contributed by atoms with Crippen LogP contribution < -0.4 is 5.32 Å². The standard InChI is InChI=1S/C31H50N4O3/c1-4-33(5-2)23-24-34(31(38)26-18-20-27(21-19-26)32-25(3)36)22-12-17-30(37)35(28-13-8-6-9-14-28)29-15-10-7-11-16-29/h18-21,28-29H,4-17,22-24H2,1-3H3,(H,32,36). The minimum absolute atomic E-state index is 0.0182. The van der Waals surface area contributed by atoms with Gasteiger partial charge in [-0.25, -0.2) is 0 Å². The van der Waals surface area contributed by atoms with Crippen LogP contribution in [0.2, 0.25) is 0 Å². The summed E-state index contributed by atoms with van der Waals surface area (Å²) in [5.41, 5.74) is 1.29. The number of likely N-dealkylation sites (N-methyl/N-ethyl adjacent to an activating group) is 1. The predicted molar refractivity (Wildman–Crippen MR) is 154 cm³/mol. The van der Waals surface area contributed by atoms with Gasteiger partial charge in [0, 0.05) is 56.3 Å². The van der Waals surface area contributed by atoms with Crippen LogP contribution in [0.15, 0.2) is 24.3 Å². The molecule has 0 atom stereocenters. The van der Waals surface area contributed by atoms with Gasteiger partial charge in [-0.15, -0.1) is 0 Å². The lowest BCUT2D eigenvalue weighted by Gasteiger charge is -2.42. The van der Waals surface area contributed by atoms with E-state index >= 15 is 0 Å². The van der Waals surface area contributed by atoms with Crippen molar-refractivity contribution in [2.75, 3.05) is 38.0 Å². The molecule has 0 saturated heterocycles. The van der Waals surface area contributed by atoms with E-state index in [9.17, 15) is 14.4 Å². The van der Waals surface area contributed by atoms with Crippen molar-refractivity contribution in [3.05, 3.63) is 29.8 Å². The summed E-state index contributed by atoms with van der Waals surface area (Å²) < 4.78 is 0. The van der Waals surface area contributed by atoms with Gasteiger partial charge in [-0.3, -0.25) is 14.4 Å². The molecule has 1 N–H and O–H groups in total. The second-order valence-corrected chi connectivity index (χ2v) is 11.1. The highest BCUT2D eigenvalue weighted by Crippen LogP contribution is 2.31. The highest BCUT2D eigenvalue weighted by molar-refractivity contribution is 5.95. The smallest absolute Gasteiger partial charge is 0.253 e. The molecule has 2 aliphatic carbocycles. The zero-order valence-corrected chi connectivity index (χ0v) is 24.1. The SMILES string of the molecule is CCN(CC)CCN(CCCC(=O)N(C1CCCCC1)C1CCCCC1)C(=O)c1ccc(NC(C)=O)cc1. The highest BCUT2D eigenvalue weighted by Gasteiger charge is 2.32. The van der Waals surface area contributed by atoms with Crippen molar-refractivity contribution >= 4 is 23.4 Å². The number of hydrogen-bond acceptors (Lipinski definition) is 4. The van der Waals surface area contributed by atoms with Crippen molar-refractivity contribution in [1.82, 2.24) is 14.7 Å². The summed E-state index contributed by atoms with van der Waals surface area (Å²) in [7, 11) is 0. The van der Waals surface area contributed by atoms with Gasteiger partial charge in [-0.1, -0.05) is 52.4 Å². The molecular formula is C31H50N4O3. The van der Waals surface area contributed by atoms with Crippen LogP contribution in [0.4, 0.5) is 5.69 Å². The maximum Gasteiger partial charge on any atom is 0.253 e. The Morgan fingerprint density at radius 1 is 0.789 bits per heavy atom. The maximum absolute atomic E-state index is 13.6. The van der Waals surface area contributed by atoms with Gasteiger partial charge >= 0.3 is 0 Å². The van der Waals surface area contributed by atoms with E-state index in [1.54, 1.807) is 24.3 Å². The Hall–Kier alpha value is -2.41. The number of carbonyl (C=O) groups is 3. The van der Waals surface area contributed by atoms with E-state index in [4.69, 9.17) is 0 Å². The molecule has 0 radical (unpaired) electrons. The number of benzene rings is 1. The molecule has 0 aromatic heterocycles. The van der Waals surface area contributed by atoms with E-state index in [0.29, 0.717) is 55.2 Å². The molecule has 7 heteroatoms. The molecule has 1 aromatic carbocycles. The average molecular weight is 527 g/mol. The van der Waals surface area contributed by atoms with Crippen LogP contribution >= 0.6 is 0 Å². The molecular weight excluding hydrogens is 476 g/mol. The Balaban J connectivity index is 1.65. The third-order valence-corrected chi connectivity index (χ3v) is 8.36. The minimum atomic E-state index is -0.134. The summed E-state index contributed by atoms with van der Waals surface area (Å²) in [4.78, 5) is 45.0. The van der Waals surface area contributed by atoms with E-state index in [2.05, 4.69) is 29.0 Å². The van der Waals surface area contributed by atoms with E-state index in [1.165, 1.54) is 45.4 Å². The molecule has 1 aromatic rings. The van der Waals surface area contributed by atoms with Crippen LogP contribution in [0.3, 0.4) is 0 Å². The van der Waals surface area contributed by atoms with Crippen LogP contribution in [0.25, 0.3) is 0 Å². The van der Waals surface area contributed by atoms with Gasteiger partial charge in [0.2, 0.25) is 11.8 Å². The number of amides is 3. The normalized spacial score (nSPS) is 16.8. The van der Waals surface area contributed by atoms with Crippen LogP contribution in [-0.2, 0) is 9.59 Å². The second-order valence-electron chi connectivity index (χ2n) is 11.1. The molecule has 2 saturated carbocycles. The first kappa shape index (κ1) is 30.1. The largest absolute Gasteiger partial charge is 0.337 e. The zero-order valence-electron chi connectivity index (χ0n) is 24.1. The number of carbonyl (C=O) groups excluding carboxylic acids is 3. The minimum Gasteiger partial charge on any atom is -0.337 e. The number of nitrogens with one attached hydrogen (secondary N) is 1. The number of nitrogens with zero attached hydrogens (tertiary/aromatic N) is 3. The fraction of sp³-hybridized carbons (Fsp3) is 0.710. The number of anilines is 1. The van der Waals surface area contributed by atoms with Crippen molar-refractivity contribution in [2.24, 2.45) is 0 Å². The first-order chi connectivity index (χ1) is 18.4. The molecule has 2 fully saturated rings. The van der Waals surface area contributed by atoms with Gasteiger partial charge in [0.1, 0.15) is 0 Å². The number of rotatable bonds is 13. The summed E-state index contributed by atoms with van der Waals surface area (Å²) in [5.74, 6) is 0.139. The molecule has 7 nitrogen and oxygen atoms in total. The molecule has 0 heterocycles. The molecule has 3 amide bonds. The van der Waals surface area contributed by atoms with Gasteiger partial charge in [0.25, 0.3) is 5.91 Å². The molecule has 0 spiro atoms. The molecule has 0 unspecified atom stereocenters. The van der Waals surface area contributed by atoms with Crippen molar-refractivity contribution < 1.29 is 14.4 Å². The van der Waals surface area contributed by atoms with Crippen LogP contribution in [0.1, 0.15) is 108 Å². The van der Waals surface area contributed by atoms with E-state index < -0.39 is 0 Å². The fourth-order valence-corrected chi connectivity index (χ4v) is 6.17. The first-order valence-electron chi connectivity index (χ1n) is 15.1. The Kier molecular flexibility index (Phi) is 12.6. The Morgan fingerprint density at radius 3 is 1.84 bits per heavy atom.